The highest BCUT2D eigenvalue weighted by molar-refractivity contribution is 5.89. The van der Waals surface area contributed by atoms with Crippen LogP contribution in [0.1, 0.15) is 18.4 Å². The van der Waals surface area contributed by atoms with Gasteiger partial charge in [-0.3, -0.25) is 9.59 Å². The number of nitrogens with one attached hydrogen (secondary N) is 1. The van der Waals surface area contributed by atoms with Crippen LogP contribution in [0.2, 0.25) is 0 Å². The fourth-order valence-corrected chi connectivity index (χ4v) is 2.87. The summed E-state index contributed by atoms with van der Waals surface area (Å²) in [7, 11) is 4.01. The van der Waals surface area contributed by atoms with Gasteiger partial charge in [-0.1, -0.05) is 12.1 Å². The van der Waals surface area contributed by atoms with Crippen molar-refractivity contribution in [3.63, 3.8) is 0 Å². The first-order valence-corrected chi connectivity index (χ1v) is 8.40. The van der Waals surface area contributed by atoms with E-state index in [0.717, 1.165) is 18.5 Å². The van der Waals surface area contributed by atoms with Gasteiger partial charge in [-0.05, 0) is 51.2 Å². The molecule has 1 atom stereocenters. The summed E-state index contributed by atoms with van der Waals surface area (Å²) in [4.78, 5) is 28.1. The van der Waals surface area contributed by atoms with Gasteiger partial charge in [-0.2, -0.15) is 0 Å². The summed E-state index contributed by atoms with van der Waals surface area (Å²) in [5, 5.41) is 2.88. The van der Waals surface area contributed by atoms with Crippen molar-refractivity contribution >= 4 is 11.8 Å². The third kappa shape index (κ3) is 5.60. The minimum Gasteiger partial charge on any atom is -0.355 e. The molecule has 0 aliphatic carbocycles. The smallest absolute Gasteiger partial charge is 0.225 e. The van der Waals surface area contributed by atoms with Crippen LogP contribution in [0.3, 0.4) is 0 Å². The Balaban J connectivity index is 1.71. The number of likely N-dealkylation sites (tertiary alicyclic amines) is 1. The molecular weight excluding hydrogens is 309 g/mol. The molecular formula is C18H26FN3O2. The Morgan fingerprint density at radius 1 is 1.33 bits per heavy atom. The van der Waals surface area contributed by atoms with Crippen molar-refractivity contribution in [3.05, 3.63) is 35.6 Å². The van der Waals surface area contributed by atoms with Crippen LogP contribution in [0.5, 0.6) is 0 Å². The molecule has 1 aromatic rings. The zero-order valence-electron chi connectivity index (χ0n) is 14.4. The van der Waals surface area contributed by atoms with Gasteiger partial charge in [0.2, 0.25) is 11.8 Å². The van der Waals surface area contributed by atoms with Crippen LogP contribution in [-0.2, 0) is 16.0 Å². The van der Waals surface area contributed by atoms with Crippen molar-refractivity contribution in [1.29, 1.82) is 0 Å². The lowest BCUT2D eigenvalue weighted by molar-refractivity contribution is -0.129. The van der Waals surface area contributed by atoms with Crippen molar-refractivity contribution in [2.75, 3.05) is 40.3 Å². The minimum atomic E-state index is -0.262. The molecule has 0 spiro atoms. The molecule has 1 aliphatic heterocycles. The van der Waals surface area contributed by atoms with E-state index in [1.54, 1.807) is 17.0 Å². The Morgan fingerprint density at radius 3 is 2.71 bits per heavy atom. The van der Waals surface area contributed by atoms with Crippen molar-refractivity contribution in [1.82, 2.24) is 15.1 Å². The lowest BCUT2D eigenvalue weighted by atomic mass is 10.1. The number of carbonyl (C=O) groups is 2. The van der Waals surface area contributed by atoms with Crippen LogP contribution in [0.15, 0.2) is 24.3 Å². The monoisotopic (exact) mass is 335 g/mol. The number of halogens is 1. The zero-order chi connectivity index (χ0) is 17.5. The standard InChI is InChI=1S/C18H26FN3O2/c1-21(2)10-3-11-22-13-15(12-17(22)23)18(24)20-9-8-14-4-6-16(19)7-5-14/h4-7,15H,3,8-13H2,1-2H3,(H,20,24). The third-order valence-electron chi connectivity index (χ3n) is 4.24. The van der Waals surface area contributed by atoms with Crippen LogP contribution in [-0.4, -0.2) is 61.9 Å². The molecule has 0 bridgehead atoms. The summed E-state index contributed by atoms with van der Waals surface area (Å²) in [6.07, 6.45) is 1.86. The molecule has 1 saturated heterocycles. The maximum absolute atomic E-state index is 12.8. The Hall–Kier alpha value is -1.95. The molecule has 1 fully saturated rings. The van der Waals surface area contributed by atoms with Gasteiger partial charge < -0.3 is 15.1 Å². The van der Waals surface area contributed by atoms with Gasteiger partial charge in [0.15, 0.2) is 0 Å². The molecule has 6 heteroatoms. The predicted octanol–water partition coefficient (Wildman–Crippen LogP) is 1.28. The van der Waals surface area contributed by atoms with Crippen LogP contribution >= 0.6 is 0 Å². The van der Waals surface area contributed by atoms with Crippen molar-refractivity contribution in [3.8, 4) is 0 Å². The first kappa shape index (κ1) is 18.4. The molecule has 1 unspecified atom stereocenters. The number of benzene rings is 1. The second-order valence-corrected chi connectivity index (χ2v) is 6.57. The first-order chi connectivity index (χ1) is 11.5. The molecule has 1 N–H and O–H groups in total. The summed E-state index contributed by atoms with van der Waals surface area (Å²) >= 11 is 0. The van der Waals surface area contributed by atoms with E-state index in [9.17, 15) is 14.0 Å². The topological polar surface area (TPSA) is 52.6 Å². The lowest BCUT2D eigenvalue weighted by Crippen LogP contribution is -2.34. The quantitative estimate of drug-likeness (QED) is 0.779. The molecule has 2 amide bonds. The van der Waals surface area contributed by atoms with E-state index in [-0.39, 0.29) is 23.5 Å². The minimum absolute atomic E-state index is 0.0624. The molecule has 132 valence electrons. The van der Waals surface area contributed by atoms with Crippen molar-refractivity contribution < 1.29 is 14.0 Å². The molecule has 2 rings (SSSR count). The number of hydrogen-bond acceptors (Lipinski definition) is 3. The first-order valence-electron chi connectivity index (χ1n) is 8.40. The van der Waals surface area contributed by atoms with E-state index < -0.39 is 0 Å². The van der Waals surface area contributed by atoms with Crippen molar-refractivity contribution in [2.24, 2.45) is 5.92 Å². The second-order valence-electron chi connectivity index (χ2n) is 6.57. The van der Waals surface area contributed by atoms with E-state index >= 15 is 0 Å². The van der Waals surface area contributed by atoms with E-state index in [4.69, 9.17) is 0 Å². The molecule has 24 heavy (non-hydrogen) atoms. The fourth-order valence-electron chi connectivity index (χ4n) is 2.87. The number of hydrogen-bond donors (Lipinski definition) is 1. The van der Waals surface area contributed by atoms with E-state index in [1.165, 1.54) is 12.1 Å². The highest BCUT2D eigenvalue weighted by Gasteiger charge is 2.33. The Kier molecular flexibility index (Phi) is 6.73. The molecule has 1 aromatic carbocycles. The van der Waals surface area contributed by atoms with Gasteiger partial charge in [0.1, 0.15) is 5.82 Å². The zero-order valence-corrected chi connectivity index (χ0v) is 14.4. The fraction of sp³-hybridized carbons (Fsp3) is 0.556. The van der Waals surface area contributed by atoms with Gasteiger partial charge in [-0.25, -0.2) is 4.39 Å². The molecule has 0 saturated carbocycles. The molecule has 1 aliphatic rings. The number of nitrogens with zero attached hydrogens (tertiary/aromatic N) is 2. The summed E-state index contributed by atoms with van der Waals surface area (Å²) in [5.41, 5.74) is 0.976. The largest absolute Gasteiger partial charge is 0.355 e. The highest BCUT2D eigenvalue weighted by atomic mass is 19.1. The van der Waals surface area contributed by atoms with Crippen LogP contribution < -0.4 is 5.32 Å². The predicted molar refractivity (Wildman–Crippen MR) is 91.0 cm³/mol. The normalized spacial score (nSPS) is 17.6. The summed E-state index contributed by atoms with van der Waals surface area (Å²) < 4.78 is 12.8. The van der Waals surface area contributed by atoms with E-state index in [0.29, 0.717) is 32.5 Å². The van der Waals surface area contributed by atoms with Crippen LogP contribution in [0.4, 0.5) is 4.39 Å². The average Bonchev–Trinajstić information content (AvgIpc) is 2.90. The van der Waals surface area contributed by atoms with Crippen LogP contribution in [0.25, 0.3) is 0 Å². The van der Waals surface area contributed by atoms with E-state index in [2.05, 4.69) is 10.2 Å². The SMILES string of the molecule is CN(C)CCCN1CC(C(=O)NCCc2ccc(F)cc2)CC1=O. The summed E-state index contributed by atoms with van der Waals surface area (Å²) in [6, 6.07) is 6.26. The molecule has 0 radical (unpaired) electrons. The summed E-state index contributed by atoms with van der Waals surface area (Å²) in [5.74, 6) is -0.528. The van der Waals surface area contributed by atoms with Gasteiger partial charge in [0.25, 0.3) is 0 Å². The maximum Gasteiger partial charge on any atom is 0.225 e. The van der Waals surface area contributed by atoms with Gasteiger partial charge >= 0.3 is 0 Å². The molecule has 5 nitrogen and oxygen atoms in total. The maximum atomic E-state index is 12.8. The highest BCUT2D eigenvalue weighted by Crippen LogP contribution is 2.18. The molecule has 1 heterocycles. The number of rotatable bonds is 8. The van der Waals surface area contributed by atoms with Crippen molar-refractivity contribution in [2.45, 2.75) is 19.3 Å². The Morgan fingerprint density at radius 2 is 2.04 bits per heavy atom. The third-order valence-corrected chi connectivity index (χ3v) is 4.24. The Labute approximate surface area is 142 Å². The number of amides is 2. The van der Waals surface area contributed by atoms with Gasteiger partial charge in [0, 0.05) is 26.1 Å². The van der Waals surface area contributed by atoms with Gasteiger partial charge in [-0.15, -0.1) is 0 Å². The van der Waals surface area contributed by atoms with E-state index in [1.807, 2.05) is 14.1 Å². The average molecular weight is 335 g/mol. The lowest BCUT2D eigenvalue weighted by Gasteiger charge is -2.18. The Bertz CT molecular complexity index is 560. The molecule has 0 aromatic heterocycles. The van der Waals surface area contributed by atoms with Gasteiger partial charge in [0.05, 0.1) is 5.92 Å². The number of carbonyl (C=O) groups excluding carboxylic acids is 2. The summed E-state index contributed by atoms with van der Waals surface area (Å²) in [6.45, 7) is 2.64. The van der Waals surface area contributed by atoms with Crippen LogP contribution in [0, 0.1) is 11.7 Å². The second kappa shape index (κ2) is 8.78.